The monoisotopic (exact) mass is 192 g/mol. The summed E-state index contributed by atoms with van der Waals surface area (Å²) in [7, 11) is 0. The average molecular weight is 192 g/mol. The number of nitrogens with one attached hydrogen (secondary N) is 1. The number of aromatic nitrogens is 2. The van der Waals surface area contributed by atoms with Crippen molar-refractivity contribution in [2.24, 2.45) is 0 Å². The normalized spacial score (nSPS) is 13.0. The first-order valence-corrected chi connectivity index (χ1v) is 4.47. The van der Waals surface area contributed by atoms with Gasteiger partial charge in [0.1, 0.15) is 11.6 Å². The minimum absolute atomic E-state index is 0.480. The van der Waals surface area contributed by atoms with Crippen LogP contribution in [0.25, 0.3) is 0 Å². The highest BCUT2D eigenvalue weighted by Crippen LogP contribution is 2.20. The van der Waals surface area contributed by atoms with Gasteiger partial charge in [-0.2, -0.15) is 0 Å². The van der Waals surface area contributed by atoms with E-state index in [0.29, 0.717) is 6.42 Å². The fraction of sp³-hybridized carbons (Fsp3) is 0.300. The van der Waals surface area contributed by atoms with Gasteiger partial charge in [-0.15, -0.1) is 0 Å². The zero-order chi connectivity index (χ0) is 9.97. The number of hydrogen-bond donors (Lipinski definition) is 2. The highest BCUT2D eigenvalue weighted by atomic mass is 16.3. The zero-order valence-corrected chi connectivity index (χ0v) is 7.90. The minimum Gasteiger partial charge on any atom is -0.469 e. The molecule has 1 atom stereocenters. The molecule has 2 rings (SSSR count). The van der Waals surface area contributed by atoms with Crippen molar-refractivity contribution in [3.63, 3.8) is 0 Å². The molecule has 2 N–H and O–H groups in total. The first-order valence-electron chi connectivity index (χ1n) is 4.47. The number of aryl methyl sites for hydroxylation is 1. The van der Waals surface area contributed by atoms with Gasteiger partial charge in [-0.3, -0.25) is 0 Å². The molecule has 0 saturated heterocycles. The molecule has 0 aliphatic rings. The molecule has 0 amide bonds. The Morgan fingerprint density at radius 2 is 2.50 bits per heavy atom. The summed E-state index contributed by atoms with van der Waals surface area (Å²) in [6.45, 7) is 1.83. The highest BCUT2D eigenvalue weighted by molar-refractivity contribution is 5.19. The van der Waals surface area contributed by atoms with Gasteiger partial charge in [-0.05, 0) is 13.0 Å². The number of aromatic amines is 1. The zero-order valence-electron chi connectivity index (χ0n) is 7.90. The molecule has 1 unspecified atom stereocenters. The molecule has 0 bridgehead atoms. The maximum absolute atomic E-state index is 9.84. The molecule has 2 aromatic heterocycles. The third-order valence-electron chi connectivity index (χ3n) is 2.20. The van der Waals surface area contributed by atoms with Crippen LogP contribution in [-0.4, -0.2) is 15.1 Å². The van der Waals surface area contributed by atoms with E-state index in [2.05, 4.69) is 9.97 Å². The fourth-order valence-electron chi connectivity index (χ4n) is 1.44. The lowest BCUT2D eigenvalue weighted by atomic mass is 10.1. The minimum atomic E-state index is -0.556. The summed E-state index contributed by atoms with van der Waals surface area (Å²) in [5.74, 6) is 1.53. The van der Waals surface area contributed by atoms with Crippen LogP contribution < -0.4 is 0 Å². The molecule has 4 heteroatoms. The van der Waals surface area contributed by atoms with Crippen molar-refractivity contribution in [2.45, 2.75) is 19.4 Å². The van der Waals surface area contributed by atoms with E-state index in [0.717, 1.165) is 17.1 Å². The van der Waals surface area contributed by atoms with Gasteiger partial charge in [0.05, 0.1) is 12.4 Å². The smallest absolute Gasteiger partial charge is 0.108 e. The van der Waals surface area contributed by atoms with Crippen LogP contribution in [0.2, 0.25) is 0 Å². The number of furan rings is 1. The second kappa shape index (κ2) is 3.67. The van der Waals surface area contributed by atoms with Crippen LogP contribution in [0.3, 0.4) is 0 Å². The standard InChI is InChI=1S/C10H12N2O2/c1-7-8(2-5-14-7)9(13)6-10-11-3-4-12-10/h2-5,9,13H,6H2,1H3,(H,11,12). The number of aliphatic hydroxyl groups is 1. The van der Waals surface area contributed by atoms with E-state index in [4.69, 9.17) is 4.42 Å². The van der Waals surface area contributed by atoms with Crippen LogP contribution in [0.1, 0.15) is 23.3 Å². The molecular weight excluding hydrogens is 180 g/mol. The molecule has 2 aromatic rings. The van der Waals surface area contributed by atoms with Gasteiger partial charge in [-0.25, -0.2) is 4.98 Å². The van der Waals surface area contributed by atoms with E-state index < -0.39 is 6.10 Å². The van der Waals surface area contributed by atoms with Gasteiger partial charge in [0.15, 0.2) is 0 Å². The Bertz CT molecular complexity index is 392. The second-order valence-corrected chi connectivity index (χ2v) is 3.19. The lowest BCUT2D eigenvalue weighted by molar-refractivity contribution is 0.174. The predicted molar refractivity (Wildman–Crippen MR) is 50.7 cm³/mol. The van der Waals surface area contributed by atoms with E-state index >= 15 is 0 Å². The van der Waals surface area contributed by atoms with Crippen molar-refractivity contribution in [3.05, 3.63) is 41.9 Å². The largest absolute Gasteiger partial charge is 0.469 e. The molecule has 0 radical (unpaired) electrons. The van der Waals surface area contributed by atoms with Crippen LogP contribution in [0.5, 0.6) is 0 Å². The van der Waals surface area contributed by atoms with Crippen LogP contribution >= 0.6 is 0 Å². The molecule has 14 heavy (non-hydrogen) atoms. The second-order valence-electron chi connectivity index (χ2n) is 3.19. The van der Waals surface area contributed by atoms with Crippen molar-refractivity contribution in [2.75, 3.05) is 0 Å². The Labute approximate surface area is 81.6 Å². The molecule has 0 aliphatic carbocycles. The topological polar surface area (TPSA) is 62.1 Å². The molecule has 0 aliphatic heterocycles. The number of H-pyrrole nitrogens is 1. The van der Waals surface area contributed by atoms with Crippen LogP contribution in [0.15, 0.2) is 29.1 Å². The van der Waals surface area contributed by atoms with Crippen LogP contribution in [0.4, 0.5) is 0 Å². The van der Waals surface area contributed by atoms with E-state index in [1.54, 1.807) is 24.7 Å². The van der Waals surface area contributed by atoms with E-state index in [9.17, 15) is 5.11 Å². The lowest BCUT2D eigenvalue weighted by Crippen LogP contribution is -2.03. The molecule has 4 nitrogen and oxygen atoms in total. The van der Waals surface area contributed by atoms with Gasteiger partial charge >= 0.3 is 0 Å². The summed E-state index contributed by atoms with van der Waals surface area (Å²) in [6, 6.07) is 1.78. The maximum atomic E-state index is 9.84. The summed E-state index contributed by atoms with van der Waals surface area (Å²) >= 11 is 0. The van der Waals surface area contributed by atoms with Crippen LogP contribution in [-0.2, 0) is 6.42 Å². The summed E-state index contributed by atoms with van der Waals surface area (Å²) in [4.78, 5) is 7.00. The predicted octanol–water partition coefficient (Wildman–Crippen LogP) is 1.59. The van der Waals surface area contributed by atoms with Gasteiger partial charge < -0.3 is 14.5 Å². The Hall–Kier alpha value is -1.55. The van der Waals surface area contributed by atoms with Crippen molar-refractivity contribution >= 4 is 0 Å². The highest BCUT2D eigenvalue weighted by Gasteiger charge is 2.13. The van der Waals surface area contributed by atoms with E-state index in [1.165, 1.54) is 0 Å². The molecule has 0 spiro atoms. The van der Waals surface area contributed by atoms with Crippen molar-refractivity contribution < 1.29 is 9.52 Å². The van der Waals surface area contributed by atoms with Crippen LogP contribution in [0, 0.1) is 6.92 Å². The lowest BCUT2D eigenvalue weighted by Gasteiger charge is -2.06. The Morgan fingerprint density at radius 1 is 1.64 bits per heavy atom. The first-order chi connectivity index (χ1) is 6.77. The van der Waals surface area contributed by atoms with Gasteiger partial charge in [0.2, 0.25) is 0 Å². The van der Waals surface area contributed by atoms with Crippen molar-refractivity contribution in [1.82, 2.24) is 9.97 Å². The number of hydrogen-bond acceptors (Lipinski definition) is 3. The third-order valence-corrected chi connectivity index (χ3v) is 2.20. The Balaban J connectivity index is 2.10. The van der Waals surface area contributed by atoms with Gasteiger partial charge in [0, 0.05) is 24.4 Å². The molecule has 2 heterocycles. The summed E-state index contributed by atoms with van der Waals surface area (Å²) in [5.41, 5.74) is 0.821. The summed E-state index contributed by atoms with van der Waals surface area (Å²) < 4.78 is 5.11. The van der Waals surface area contributed by atoms with Gasteiger partial charge in [0.25, 0.3) is 0 Å². The molecule has 0 aromatic carbocycles. The maximum Gasteiger partial charge on any atom is 0.108 e. The average Bonchev–Trinajstić information content (AvgIpc) is 2.75. The van der Waals surface area contributed by atoms with E-state index in [1.807, 2.05) is 6.92 Å². The number of imidazole rings is 1. The molecule has 0 saturated carbocycles. The number of aliphatic hydroxyl groups excluding tert-OH is 1. The number of nitrogens with zero attached hydrogens (tertiary/aromatic N) is 1. The van der Waals surface area contributed by atoms with Crippen molar-refractivity contribution in [1.29, 1.82) is 0 Å². The SMILES string of the molecule is Cc1occc1C(O)Cc1ncc[nH]1. The Kier molecular flexibility index (Phi) is 2.37. The van der Waals surface area contributed by atoms with Gasteiger partial charge in [-0.1, -0.05) is 0 Å². The summed E-state index contributed by atoms with van der Waals surface area (Å²) in [5, 5.41) is 9.84. The van der Waals surface area contributed by atoms with E-state index in [-0.39, 0.29) is 0 Å². The molecule has 74 valence electrons. The summed E-state index contributed by atoms with van der Waals surface area (Å²) in [6.07, 6.45) is 4.91. The fourth-order valence-corrected chi connectivity index (χ4v) is 1.44. The first kappa shape index (κ1) is 9.02. The Morgan fingerprint density at radius 3 is 3.07 bits per heavy atom. The molecule has 0 fully saturated rings. The van der Waals surface area contributed by atoms with Crippen molar-refractivity contribution in [3.8, 4) is 0 Å². The quantitative estimate of drug-likeness (QED) is 0.776. The third kappa shape index (κ3) is 1.70. The molecular formula is C10H12N2O2. The number of rotatable bonds is 3.